The minimum atomic E-state index is 0.637. The van der Waals surface area contributed by atoms with E-state index in [1.165, 1.54) is 0 Å². The maximum absolute atomic E-state index is 5.90. The number of ether oxygens (including phenoxy) is 2. The number of nitrogens with two attached hydrogens (primary N) is 1. The fourth-order valence-corrected chi connectivity index (χ4v) is 2.25. The van der Waals surface area contributed by atoms with Crippen LogP contribution < -0.4 is 20.5 Å². The minimum absolute atomic E-state index is 0.637. The van der Waals surface area contributed by atoms with Gasteiger partial charge in [-0.25, -0.2) is 0 Å². The van der Waals surface area contributed by atoms with Crippen LogP contribution in [0.1, 0.15) is 5.56 Å². The van der Waals surface area contributed by atoms with Gasteiger partial charge in [-0.15, -0.1) is 0 Å². The van der Waals surface area contributed by atoms with Crippen LogP contribution in [-0.2, 0) is 6.42 Å². The lowest BCUT2D eigenvalue weighted by Gasteiger charge is -2.11. The quantitative estimate of drug-likeness (QED) is 0.801. The van der Waals surface area contributed by atoms with Crippen molar-refractivity contribution in [2.24, 2.45) is 0 Å². The summed E-state index contributed by atoms with van der Waals surface area (Å²) in [6, 6.07) is 11.3. The lowest BCUT2D eigenvalue weighted by molar-refractivity contribution is 0.354. The van der Waals surface area contributed by atoms with Crippen molar-refractivity contribution in [3.8, 4) is 11.5 Å². The zero-order chi connectivity index (χ0) is 15.2. The Labute approximate surface area is 129 Å². The molecule has 0 aliphatic rings. The molecule has 0 aliphatic heterocycles. The van der Waals surface area contributed by atoms with Crippen molar-refractivity contribution in [1.82, 2.24) is 0 Å². The maximum Gasteiger partial charge on any atom is 0.160 e. The molecule has 21 heavy (non-hydrogen) atoms. The van der Waals surface area contributed by atoms with Crippen LogP contribution in [0.2, 0.25) is 5.02 Å². The summed E-state index contributed by atoms with van der Waals surface area (Å²) >= 11 is 5.88. The highest BCUT2D eigenvalue weighted by Crippen LogP contribution is 2.28. The summed E-state index contributed by atoms with van der Waals surface area (Å²) in [6.45, 7) is 0.765. The number of benzene rings is 2. The van der Waals surface area contributed by atoms with Crippen LogP contribution in [0.25, 0.3) is 0 Å². The average molecular weight is 307 g/mol. The van der Waals surface area contributed by atoms with Crippen molar-refractivity contribution in [3.05, 3.63) is 47.0 Å². The summed E-state index contributed by atoms with van der Waals surface area (Å²) in [4.78, 5) is 0. The molecule has 0 saturated carbocycles. The van der Waals surface area contributed by atoms with Crippen LogP contribution in [0.15, 0.2) is 36.4 Å². The second kappa shape index (κ2) is 7.09. The summed E-state index contributed by atoms with van der Waals surface area (Å²) in [7, 11) is 3.26. The summed E-state index contributed by atoms with van der Waals surface area (Å²) < 4.78 is 10.5. The van der Waals surface area contributed by atoms with Gasteiger partial charge >= 0.3 is 0 Å². The first-order chi connectivity index (χ1) is 10.1. The first-order valence-corrected chi connectivity index (χ1v) is 7.01. The van der Waals surface area contributed by atoms with E-state index >= 15 is 0 Å². The van der Waals surface area contributed by atoms with Crippen LogP contribution in [0, 0.1) is 0 Å². The number of methoxy groups -OCH3 is 2. The molecule has 0 bridgehead atoms. The molecule has 0 atom stereocenters. The lowest BCUT2D eigenvalue weighted by Crippen LogP contribution is -2.07. The predicted octanol–water partition coefficient (Wildman–Crippen LogP) is 3.59. The van der Waals surface area contributed by atoms with Crippen LogP contribution in [0.3, 0.4) is 0 Å². The fourth-order valence-electron chi connectivity index (χ4n) is 2.07. The number of nitrogen functional groups attached to an aromatic ring is 1. The molecule has 0 heterocycles. The molecule has 0 aliphatic carbocycles. The molecule has 0 radical (unpaired) electrons. The normalized spacial score (nSPS) is 10.2. The molecule has 0 fully saturated rings. The molecule has 2 aromatic rings. The van der Waals surface area contributed by atoms with E-state index in [1.807, 2.05) is 30.3 Å². The number of hydrogen-bond acceptors (Lipinski definition) is 4. The smallest absolute Gasteiger partial charge is 0.160 e. The van der Waals surface area contributed by atoms with Gasteiger partial charge in [0.2, 0.25) is 0 Å². The van der Waals surface area contributed by atoms with E-state index in [4.69, 9.17) is 26.8 Å². The number of rotatable bonds is 6. The number of nitrogens with one attached hydrogen (secondary N) is 1. The lowest BCUT2D eigenvalue weighted by atomic mass is 10.1. The largest absolute Gasteiger partial charge is 0.493 e. The minimum Gasteiger partial charge on any atom is -0.493 e. The molecule has 3 N–H and O–H groups in total. The van der Waals surface area contributed by atoms with Crippen molar-refractivity contribution in [1.29, 1.82) is 0 Å². The Morgan fingerprint density at radius 1 is 1.05 bits per heavy atom. The van der Waals surface area contributed by atoms with E-state index in [0.717, 1.165) is 35.7 Å². The summed E-state index contributed by atoms with van der Waals surface area (Å²) in [5, 5.41) is 3.94. The zero-order valence-electron chi connectivity index (χ0n) is 12.2. The van der Waals surface area contributed by atoms with Gasteiger partial charge in [-0.2, -0.15) is 0 Å². The number of anilines is 2. The maximum atomic E-state index is 5.90. The Balaban J connectivity index is 1.97. The van der Waals surface area contributed by atoms with E-state index in [1.54, 1.807) is 20.3 Å². The Bertz CT molecular complexity index is 617. The third-order valence-corrected chi connectivity index (χ3v) is 3.43. The van der Waals surface area contributed by atoms with Crippen LogP contribution in [0.4, 0.5) is 11.4 Å². The van der Waals surface area contributed by atoms with Crippen molar-refractivity contribution < 1.29 is 9.47 Å². The van der Waals surface area contributed by atoms with Crippen molar-refractivity contribution in [2.45, 2.75) is 6.42 Å². The Morgan fingerprint density at radius 2 is 1.81 bits per heavy atom. The van der Waals surface area contributed by atoms with Gasteiger partial charge in [-0.05, 0) is 42.3 Å². The van der Waals surface area contributed by atoms with Crippen LogP contribution in [-0.4, -0.2) is 20.8 Å². The summed E-state index contributed by atoms with van der Waals surface area (Å²) in [6.07, 6.45) is 0.850. The van der Waals surface area contributed by atoms with Gasteiger partial charge in [0.05, 0.1) is 25.6 Å². The van der Waals surface area contributed by atoms with Gasteiger partial charge < -0.3 is 20.5 Å². The SMILES string of the molecule is COc1ccc(CCNc2ccc(Cl)cc2N)cc1OC. The van der Waals surface area contributed by atoms with Gasteiger partial charge in [0.25, 0.3) is 0 Å². The molecular formula is C16H19ClN2O2. The Hall–Kier alpha value is -2.07. The molecule has 4 nitrogen and oxygen atoms in total. The fraction of sp³-hybridized carbons (Fsp3) is 0.250. The van der Waals surface area contributed by atoms with E-state index in [9.17, 15) is 0 Å². The predicted molar refractivity (Wildman–Crippen MR) is 87.6 cm³/mol. The summed E-state index contributed by atoms with van der Waals surface area (Å²) in [5.74, 6) is 1.47. The molecule has 2 aromatic carbocycles. The van der Waals surface area contributed by atoms with E-state index < -0.39 is 0 Å². The Morgan fingerprint density at radius 3 is 2.48 bits per heavy atom. The third-order valence-electron chi connectivity index (χ3n) is 3.19. The zero-order valence-corrected chi connectivity index (χ0v) is 12.9. The second-order valence-electron chi connectivity index (χ2n) is 4.60. The standard InChI is InChI=1S/C16H19ClN2O2/c1-20-15-6-3-11(9-16(15)21-2)7-8-19-14-5-4-12(17)10-13(14)18/h3-6,9-10,19H,7-8,18H2,1-2H3. The highest BCUT2D eigenvalue weighted by atomic mass is 35.5. The summed E-state index contributed by atoms with van der Waals surface area (Å²) in [5.41, 5.74) is 8.60. The van der Waals surface area contributed by atoms with E-state index in [-0.39, 0.29) is 0 Å². The molecule has 5 heteroatoms. The molecule has 0 unspecified atom stereocenters. The third kappa shape index (κ3) is 3.95. The van der Waals surface area contributed by atoms with Crippen LogP contribution >= 0.6 is 11.6 Å². The first kappa shape index (κ1) is 15.3. The molecule has 0 amide bonds. The van der Waals surface area contributed by atoms with E-state index in [2.05, 4.69) is 5.32 Å². The number of halogens is 1. The van der Waals surface area contributed by atoms with Crippen molar-refractivity contribution >= 4 is 23.0 Å². The van der Waals surface area contributed by atoms with Gasteiger partial charge in [0.15, 0.2) is 11.5 Å². The molecule has 2 rings (SSSR count). The number of hydrogen-bond donors (Lipinski definition) is 2. The molecule has 112 valence electrons. The van der Waals surface area contributed by atoms with Crippen molar-refractivity contribution in [2.75, 3.05) is 31.8 Å². The molecule has 0 aromatic heterocycles. The first-order valence-electron chi connectivity index (χ1n) is 6.64. The molecular weight excluding hydrogens is 288 g/mol. The molecule has 0 saturated heterocycles. The monoisotopic (exact) mass is 306 g/mol. The van der Waals surface area contributed by atoms with Gasteiger partial charge in [-0.3, -0.25) is 0 Å². The van der Waals surface area contributed by atoms with Crippen LogP contribution in [0.5, 0.6) is 11.5 Å². The average Bonchev–Trinajstić information content (AvgIpc) is 2.49. The Kier molecular flexibility index (Phi) is 5.17. The highest BCUT2D eigenvalue weighted by molar-refractivity contribution is 6.31. The highest BCUT2D eigenvalue weighted by Gasteiger charge is 2.05. The van der Waals surface area contributed by atoms with E-state index in [0.29, 0.717) is 10.7 Å². The van der Waals surface area contributed by atoms with Crippen molar-refractivity contribution in [3.63, 3.8) is 0 Å². The van der Waals surface area contributed by atoms with Gasteiger partial charge in [0, 0.05) is 11.6 Å². The topological polar surface area (TPSA) is 56.5 Å². The van der Waals surface area contributed by atoms with Gasteiger partial charge in [-0.1, -0.05) is 17.7 Å². The second-order valence-corrected chi connectivity index (χ2v) is 5.03. The molecule has 0 spiro atoms. The van der Waals surface area contributed by atoms with Gasteiger partial charge in [0.1, 0.15) is 0 Å².